The van der Waals surface area contributed by atoms with Gasteiger partial charge in [-0.3, -0.25) is 20.0 Å². The summed E-state index contributed by atoms with van der Waals surface area (Å²) in [4.78, 5) is 24.3. The number of carbonyl (C=O) groups excluding carboxylic acids is 1. The van der Waals surface area contributed by atoms with Gasteiger partial charge in [0, 0.05) is 28.9 Å². The zero-order chi connectivity index (χ0) is 21.0. The van der Waals surface area contributed by atoms with Crippen molar-refractivity contribution in [1.82, 2.24) is 10.2 Å². The topological polar surface area (TPSA) is 160 Å². The molecule has 0 fully saturated rings. The maximum absolute atomic E-state index is 13.4. The van der Waals surface area contributed by atoms with E-state index in [4.69, 9.17) is 10.5 Å². The third kappa shape index (κ3) is 2.05. The zero-order valence-corrected chi connectivity index (χ0v) is 15.2. The van der Waals surface area contributed by atoms with Crippen molar-refractivity contribution in [2.24, 2.45) is 5.73 Å². The number of aromatic nitrogens is 2. The van der Waals surface area contributed by atoms with Gasteiger partial charge in [-0.15, -0.1) is 5.10 Å². The lowest BCUT2D eigenvalue weighted by Gasteiger charge is -2.31. The molecule has 30 heavy (non-hydrogen) atoms. The van der Waals surface area contributed by atoms with E-state index in [1.165, 1.54) is 18.2 Å². The van der Waals surface area contributed by atoms with Crippen LogP contribution in [0.2, 0.25) is 0 Å². The Morgan fingerprint density at radius 1 is 1.23 bits per heavy atom. The number of anilines is 1. The van der Waals surface area contributed by atoms with Crippen molar-refractivity contribution in [3.8, 4) is 23.2 Å². The summed E-state index contributed by atoms with van der Waals surface area (Å²) in [6.07, 6.45) is 0. The molecule has 1 amide bonds. The minimum Gasteiger partial charge on any atom is -0.420 e. The third-order valence-corrected chi connectivity index (χ3v) is 5.32. The second-order valence-corrected chi connectivity index (χ2v) is 6.79. The standard InChI is InChI=1S/C20H12N6O4/c21-9-13-17(22)30-18-15(16(24-25-18)10-4-2-1-3-5-10)20(13)12-8-11(26(28)29)6-7-14(12)23-19(20)27/h1-8H,22H2,(H,23,27)(H,24,25). The molecular formula is C20H12N6O4. The van der Waals surface area contributed by atoms with Crippen LogP contribution in [-0.4, -0.2) is 21.0 Å². The summed E-state index contributed by atoms with van der Waals surface area (Å²) in [5, 5.41) is 31.1. The number of non-ortho nitro benzene ring substituents is 1. The molecule has 1 unspecified atom stereocenters. The van der Waals surface area contributed by atoms with Gasteiger partial charge in [-0.25, -0.2) is 0 Å². The van der Waals surface area contributed by atoms with Crippen LogP contribution in [0.4, 0.5) is 11.4 Å². The number of nitro benzene ring substituents is 1. The fraction of sp³-hybridized carbons (Fsp3) is 0.0500. The number of nitrogens with zero attached hydrogens (tertiary/aromatic N) is 3. The first-order valence-corrected chi connectivity index (χ1v) is 8.81. The average Bonchev–Trinajstić information content (AvgIpc) is 3.28. The number of hydrogen-bond donors (Lipinski definition) is 3. The van der Waals surface area contributed by atoms with Crippen LogP contribution in [-0.2, 0) is 10.2 Å². The highest BCUT2D eigenvalue weighted by Gasteiger charge is 2.59. The number of rotatable bonds is 2. The molecule has 0 bridgehead atoms. The summed E-state index contributed by atoms with van der Waals surface area (Å²) in [6, 6.07) is 15.0. The normalized spacial score (nSPS) is 19.0. The van der Waals surface area contributed by atoms with E-state index >= 15 is 0 Å². The zero-order valence-electron chi connectivity index (χ0n) is 15.2. The Hall–Kier alpha value is -4.65. The van der Waals surface area contributed by atoms with E-state index < -0.39 is 16.2 Å². The second kappa shape index (κ2) is 5.92. The van der Waals surface area contributed by atoms with Gasteiger partial charge in [-0.1, -0.05) is 30.3 Å². The van der Waals surface area contributed by atoms with Crippen molar-refractivity contribution in [2.45, 2.75) is 5.41 Å². The summed E-state index contributed by atoms with van der Waals surface area (Å²) in [5.74, 6) is -0.828. The number of ether oxygens (including phenoxy) is 1. The minimum absolute atomic E-state index is 0.0276. The van der Waals surface area contributed by atoms with Crippen LogP contribution < -0.4 is 15.8 Å². The number of amides is 1. The first-order valence-electron chi connectivity index (χ1n) is 8.81. The summed E-state index contributed by atoms with van der Waals surface area (Å²) in [5.41, 5.74) is 5.86. The number of nitro groups is 1. The first-order chi connectivity index (χ1) is 14.5. The number of carbonyl (C=O) groups is 1. The molecule has 0 radical (unpaired) electrons. The molecule has 1 spiro atoms. The van der Waals surface area contributed by atoms with E-state index in [0.29, 0.717) is 16.9 Å². The van der Waals surface area contributed by atoms with Gasteiger partial charge in [0.2, 0.25) is 17.7 Å². The molecule has 2 aliphatic heterocycles. The van der Waals surface area contributed by atoms with Crippen LogP contribution >= 0.6 is 0 Å². The van der Waals surface area contributed by atoms with E-state index in [-0.39, 0.29) is 34.2 Å². The van der Waals surface area contributed by atoms with Crippen molar-refractivity contribution < 1.29 is 14.5 Å². The van der Waals surface area contributed by atoms with E-state index in [1.54, 1.807) is 12.1 Å². The van der Waals surface area contributed by atoms with Crippen LogP contribution in [0.15, 0.2) is 60.0 Å². The predicted octanol–water partition coefficient (Wildman–Crippen LogP) is 2.31. The number of aromatic amines is 1. The lowest BCUT2D eigenvalue weighted by Crippen LogP contribution is -2.42. The number of H-pyrrole nitrogens is 1. The number of nitrogens with two attached hydrogens (primary N) is 1. The van der Waals surface area contributed by atoms with E-state index in [2.05, 4.69) is 15.5 Å². The Bertz CT molecular complexity index is 1320. The van der Waals surface area contributed by atoms with E-state index in [9.17, 15) is 20.2 Å². The Morgan fingerprint density at radius 2 is 2.00 bits per heavy atom. The van der Waals surface area contributed by atoms with Crippen molar-refractivity contribution in [3.05, 3.63) is 81.2 Å². The molecule has 0 saturated heterocycles. The number of fused-ring (bicyclic) bond motifs is 4. The smallest absolute Gasteiger partial charge is 0.269 e. The minimum atomic E-state index is -1.74. The molecule has 1 atom stereocenters. The van der Waals surface area contributed by atoms with Gasteiger partial charge in [0.25, 0.3) is 5.69 Å². The fourth-order valence-corrected chi connectivity index (χ4v) is 4.06. The lowest BCUT2D eigenvalue weighted by atomic mass is 9.68. The Balaban J connectivity index is 1.91. The molecule has 4 N–H and O–H groups in total. The van der Waals surface area contributed by atoms with Crippen LogP contribution in [0.3, 0.4) is 0 Å². The molecule has 3 aromatic rings. The van der Waals surface area contributed by atoms with Gasteiger partial charge in [-0.05, 0) is 6.07 Å². The molecular weight excluding hydrogens is 388 g/mol. The van der Waals surface area contributed by atoms with Crippen LogP contribution in [0.5, 0.6) is 5.88 Å². The van der Waals surface area contributed by atoms with Crippen LogP contribution in [0, 0.1) is 21.4 Å². The van der Waals surface area contributed by atoms with Crippen molar-refractivity contribution in [1.29, 1.82) is 5.26 Å². The van der Waals surface area contributed by atoms with Gasteiger partial charge in [-0.2, -0.15) is 5.26 Å². The van der Waals surface area contributed by atoms with Gasteiger partial charge in [0.1, 0.15) is 17.1 Å². The summed E-state index contributed by atoms with van der Waals surface area (Å²) < 4.78 is 5.54. The maximum atomic E-state index is 13.4. The average molecular weight is 400 g/mol. The van der Waals surface area contributed by atoms with Crippen molar-refractivity contribution >= 4 is 17.3 Å². The summed E-state index contributed by atoms with van der Waals surface area (Å²) in [6.45, 7) is 0. The van der Waals surface area contributed by atoms with Crippen LogP contribution in [0.1, 0.15) is 11.1 Å². The van der Waals surface area contributed by atoms with Crippen molar-refractivity contribution in [3.63, 3.8) is 0 Å². The number of benzene rings is 2. The SMILES string of the molecule is N#CC1=C(N)Oc2n[nH]c(-c3ccccc3)c2C12C(=O)Nc1ccc([N+](=O)[O-])cc12. The van der Waals surface area contributed by atoms with Gasteiger partial charge in [0.05, 0.1) is 16.2 Å². The number of nitriles is 1. The monoisotopic (exact) mass is 400 g/mol. The largest absolute Gasteiger partial charge is 0.420 e. The predicted molar refractivity (Wildman–Crippen MR) is 104 cm³/mol. The summed E-state index contributed by atoms with van der Waals surface area (Å²) in [7, 11) is 0. The number of hydrogen-bond acceptors (Lipinski definition) is 7. The van der Waals surface area contributed by atoms with E-state index in [1.807, 2.05) is 24.3 Å². The number of nitrogens with one attached hydrogen (secondary N) is 2. The van der Waals surface area contributed by atoms with Gasteiger partial charge >= 0.3 is 0 Å². The molecule has 10 nitrogen and oxygen atoms in total. The molecule has 5 rings (SSSR count). The van der Waals surface area contributed by atoms with Crippen molar-refractivity contribution in [2.75, 3.05) is 5.32 Å². The Labute approximate surface area is 168 Å². The Morgan fingerprint density at radius 3 is 2.70 bits per heavy atom. The molecule has 146 valence electrons. The molecule has 1 aromatic heterocycles. The van der Waals surface area contributed by atoms with Gasteiger partial charge < -0.3 is 15.8 Å². The molecule has 2 aromatic carbocycles. The first kappa shape index (κ1) is 17.4. The summed E-state index contributed by atoms with van der Waals surface area (Å²) >= 11 is 0. The molecule has 0 aliphatic carbocycles. The highest BCUT2D eigenvalue weighted by molar-refractivity contribution is 6.13. The molecule has 3 heterocycles. The molecule has 0 saturated carbocycles. The van der Waals surface area contributed by atoms with Crippen LogP contribution in [0.25, 0.3) is 11.3 Å². The highest BCUT2D eigenvalue weighted by atomic mass is 16.6. The van der Waals surface area contributed by atoms with Gasteiger partial charge in [0.15, 0.2) is 0 Å². The fourth-order valence-electron chi connectivity index (χ4n) is 4.06. The maximum Gasteiger partial charge on any atom is 0.269 e. The molecule has 2 aliphatic rings. The highest BCUT2D eigenvalue weighted by Crippen LogP contribution is 2.55. The lowest BCUT2D eigenvalue weighted by molar-refractivity contribution is -0.384. The second-order valence-electron chi connectivity index (χ2n) is 6.79. The Kier molecular flexibility index (Phi) is 3.44. The van der Waals surface area contributed by atoms with E-state index in [0.717, 1.165) is 0 Å². The quantitative estimate of drug-likeness (QED) is 0.439. The third-order valence-electron chi connectivity index (χ3n) is 5.32. The molecule has 10 heteroatoms.